The van der Waals surface area contributed by atoms with E-state index in [-0.39, 0.29) is 16.5 Å². The van der Waals surface area contributed by atoms with Gasteiger partial charge in [-0.15, -0.1) is 0 Å². The molecule has 0 aliphatic rings. The fourth-order valence-corrected chi connectivity index (χ4v) is 4.36. The van der Waals surface area contributed by atoms with Crippen molar-refractivity contribution in [2.24, 2.45) is 5.14 Å². The van der Waals surface area contributed by atoms with E-state index >= 15 is 0 Å². The van der Waals surface area contributed by atoms with Gasteiger partial charge in [-0.05, 0) is 79.6 Å². The van der Waals surface area contributed by atoms with Gasteiger partial charge in [0.05, 0.1) is 22.1 Å². The van der Waals surface area contributed by atoms with Crippen LogP contribution >= 0.6 is 11.6 Å². The minimum absolute atomic E-state index is 0.0192. The molecule has 5 N–H and O–H groups in total. The second-order valence-electron chi connectivity index (χ2n) is 8.88. The number of halogens is 4. The molecule has 220 valence electrons. The first-order chi connectivity index (χ1) is 19.3. The van der Waals surface area contributed by atoms with Gasteiger partial charge in [-0.1, -0.05) is 24.4 Å². The van der Waals surface area contributed by atoms with Gasteiger partial charge in [-0.3, -0.25) is 4.79 Å². The van der Waals surface area contributed by atoms with Crippen LogP contribution in [0.25, 0.3) is 0 Å². The molecule has 3 aromatic rings. The smallest absolute Gasteiger partial charge is 0.417 e. The third-order valence-electron chi connectivity index (χ3n) is 5.71. The van der Waals surface area contributed by atoms with E-state index in [1.54, 1.807) is 12.1 Å². The van der Waals surface area contributed by atoms with Crippen LogP contribution in [-0.2, 0) is 16.2 Å². The molecule has 0 bridgehead atoms. The number of carbonyl (C=O) groups is 2. The number of carbonyl (C=O) groups excluding carboxylic acids is 2. The number of sulfonamides is 1. The SMILES string of the molecule is NS(=O)(=O)c1ccc(OCCCCCCNC(=O)c2ccc(NC(=O)Nc3ccc(Cl)c(C(F)(F)F)c3)cc2)cc1. The number of amides is 3. The molecule has 3 amide bonds. The molecule has 0 aliphatic heterocycles. The first-order valence-electron chi connectivity index (χ1n) is 12.4. The molecule has 9 nitrogen and oxygen atoms in total. The zero-order valence-corrected chi connectivity index (χ0v) is 23.2. The molecule has 0 aliphatic carbocycles. The van der Waals surface area contributed by atoms with Crippen molar-refractivity contribution in [1.82, 2.24) is 5.32 Å². The van der Waals surface area contributed by atoms with Gasteiger partial charge < -0.3 is 20.7 Å². The number of urea groups is 1. The normalized spacial score (nSPS) is 11.5. The Kier molecular flexibility index (Phi) is 11.0. The molecule has 0 spiro atoms. The van der Waals surface area contributed by atoms with Crippen molar-refractivity contribution in [3.63, 3.8) is 0 Å². The van der Waals surface area contributed by atoms with Crippen LogP contribution in [0.1, 0.15) is 41.6 Å². The van der Waals surface area contributed by atoms with Crippen LogP contribution in [0.3, 0.4) is 0 Å². The average Bonchev–Trinajstić information content (AvgIpc) is 2.90. The monoisotopic (exact) mass is 612 g/mol. The second-order valence-corrected chi connectivity index (χ2v) is 10.9. The molecule has 0 aromatic heterocycles. The lowest BCUT2D eigenvalue weighted by Crippen LogP contribution is -2.24. The highest BCUT2D eigenvalue weighted by Gasteiger charge is 2.33. The van der Waals surface area contributed by atoms with Gasteiger partial charge in [0.1, 0.15) is 5.75 Å². The Morgan fingerprint density at radius 3 is 2.10 bits per heavy atom. The molecule has 0 unspecified atom stereocenters. The minimum atomic E-state index is -4.66. The number of nitrogens with one attached hydrogen (secondary N) is 3. The maximum atomic E-state index is 13.0. The predicted molar refractivity (Wildman–Crippen MR) is 150 cm³/mol. The summed E-state index contributed by atoms with van der Waals surface area (Å²) in [6, 6.07) is 14.2. The van der Waals surface area contributed by atoms with Gasteiger partial charge in [-0.25, -0.2) is 18.4 Å². The average molecular weight is 613 g/mol. The van der Waals surface area contributed by atoms with Crippen molar-refractivity contribution in [2.45, 2.75) is 36.8 Å². The van der Waals surface area contributed by atoms with E-state index in [2.05, 4.69) is 16.0 Å². The van der Waals surface area contributed by atoms with Crippen molar-refractivity contribution >= 4 is 44.9 Å². The molecule has 3 aromatic carbocycles. The molecule has 41 heavy (non-hydrogen) atoms. The van der Waals surface area contributed by atoms with E-state index in [1.807, 2.05) is 0 Å². The number of hydrogen-bond donors (Lipinski definition) is 4. The van der Waals surface area contributed by atoms with Gasteiger partial charge in [0.2, 0.25) is 10.0 Å². The maximum Gasteiger partial charge on any atom is 0.417 e. The second kappa shape index (κ2) is 14.2. The zero-order valence-electron chi connectivity index (χ0n) is 21.6. The van der Waals surface area contributed by atoms with Gasteiger partial charge in [0.15, 0.2) is 0 Å². The van der Waals surface area contributed by atoms with Crippen LogP contribution in [0.4, 0.5) is 29.3 Å². The van der Waals surface area contributed by atoms with Crippen molar-refractivity contribution in [1.29, 1.82) is 0 Å². The highest BCUT2D eigenvalue weighted by atomic mass is 35.5. The molecule has 14 heteroatoms. The summed E-state index contributed by atoms with van der Waals surface area (Å²) in [5.74, 6) is 0.265. The third-order valence-corrected chi connectivity index (χ3v) is 6.97. The Labute approximate surface area is 240 Å². The number of anilines is 2. The lowest BCUT2D eigenvalue weighted by molar-refractivity contribution is -0.137. The fraction of sp³-hybridized carbons (Fsp3) is 0.259. The number of alkyl halides is 3. The molecule has 0 fully saturated rings. The Bertz CT molecular complexity index is 1450. The molecular formula is C27H28ClF3N4O5S. The van der Waals surface area contributed by atoms with Crippen LogP contribution < -0.4 is 25.8 Å². The zero-order chi connectivity index (χ0) is 30.0. The van der Waals surface area contributed by atoms with Crippen LogP contribution in [0.5, 0.6) is 5.75 Å². The first kappa shape index (κ1) is 31.7. The first-order valence-corrected chi connectivity index (χ1v) is 14.3. The summed E-state index contributed by atoms with van der Waals surface area (Å²) < 4.78 is 67.1. The topological polar surface area (TPSA) is 140 Å². The summed E-state index contributed by atoms with van der Waals surface area (Å²) in [6.45, 7) is 0.936. The Morgan fingerprint density at radius 2 is 1.46 bits per heavy atom. The van der Waals surface area contributed by atoms with Crippen molar-refractivity contribution < 1.29 is 35.9 Å². The lowest BCUT2D eigenvalue weighted by Gasteiger charge is -2.12. The van der Waals surface area contributed by atoms with Gasteiger partial charge in [-0.2, -0.15) is 13.2 Å². The number of primary sulfonamides is 1. The van der Waals surface area contributed by atoms with Crippen LogP contribution in [0.2, 0.25) is 5.02 Å². The van der Waals surface area contributed by atoms with Crippen molar-refractivity contribution in [3.8, 4) is 5.75 Å². The minimum Gasteiger partial charge on any atom is -0.494 e. The molecule has 0 heterocycles. The number of nitrogens with two attached hydrogens (primary N) is 1. The summed E-state index contributed by atoms with van der Waals surface area (Å²) in [5.41, 5.74) is -0.425. The Balaban J connectivity index is 1.32. The van der Waals surface area contributed by atoms with E-state index in [0.29, 0.717) is 30.2 Å². The fourth-order valence-electron chi connectivity index (χ4n) is 3.62. The maximum absolute atomic E-state index is 13.0. The lowest BCUT2D eigenvalue weighted by atomic mass is 10.1. The van der Waals surface area contributed by atoms with E-state index in [1.165, 1.54) is 42.5 Å². The van der Waals surface area contributed by atoms with E-state index in [4.69, 9.17) is 21.5 Å². The highest BCUT2D eigenvalue weighted by Crippen LogP contribution is 2.36. The largest absolute Gasteiger partial charge is 0.494 e. The van der Waals surface area contributed by atoms with E-state index in [9.17, 15) is 31.2 Å². The summed E-state index contributed by atoms with van der Waals surface area (Å²) in [5, 5.41) is 12.2. The molecular weight excluding hydrogens is 585 g/mol. The number of rotatable bonds is 12. The summed E-state index contributed by atoms with van der Waals surface area (Å²) in [4.78, 5) is 24.6. The highest BCUT2D eigenvalue weighted by molar-refractivity contribution is 7.89. The number of benzene rings is 3. The van der Waals surface area contributed by atoms with Crippen molar-refractivity contribution in [2.75, 3.05) is 23.8 Å². The van der Waals surface area contributed by atoms with Gasteiger partial charge >= 0.3 is 12.2 Å². The summed E-state index contributed by atoms with van der Waals surface area (Å²) in [7, 11) is -3.74. The quantitative estimate of drug-likeness (QED) is 0.185. The third kappa shape index (κ3) is 10.3. The summed E-state index contributed by atoms with van der Waals surface area (Å²) >= 11 is 5.58. The van der Waals surface area contributed by atoms with Crippen LogP contribution in [-0.4, -0.2) is 33.5 Å². The van der Waals surface area contributed by atoms with E-state index in [0.717, 1.165) is 37.8 Å². The Morgan fingerprint density at radius 1 is 0.854 bits per heavy atom. The number of ether oxygens (including phenoxy) is 1. The molecule has 3 rings (SSSR count). The van der Waals surface area contributed by atoms with Crippen molar-refractivity contribution in [3.05, 3.63) is 82.9 Å². The molecule has 0 saturated heterocycles. The van der Waals surface area contributed by atoms with Crippen LogP contribution in [0, 0.1) is 0 Å². The number of hydrogen-bond acceptors (Lipinski definition) is 5. The van der Waals surface area contributed by atoms with E-state index < -0.39 is 32.8 Å². The molecule has 0 atom stereocenters. The Hall–Kier alpha value is -3.81. The predicted octanol–water partition coefficient (Wildman–Crippen LogP) is 6.02. The van der Waals surface area contributed by atoms with Gasteiger partial charge in [0.25, 0.3) is 5.91 Å². The standard InChI is InChI=1S/C27H28ClF3N4O5S/c28-24-14-9-20(17-23(24)27(29,30)31)35-26(37)34-19-7-5-18(6-8-19)25(36)33-15-3-1-2-4-16-40-21-10-12-22(13-11-21)41(32,38)39/h5-14,17H,1-4,15-16H2,(H,33,36)(H2,32,38,39)(H2,34,35,37). The van der Waals surface area contributed by atoms with Crippen LogP contribution in [0.15, 0.2) is 71.6 Å². The molecule has 0 saturated carbocycles. The van der Waals surface area contributed by atoms with Gasteiger partial charge in [0, 0.05) is 23.5 Å². The molecule has 0 radical (unpaired) electrons. The number of unbranched alkanes of at least 4 members (excludes halogenated alkanes) is 3. The summed E-state index contributed by atoms with van der Waals surface area (Å²) in [6.07, 6.45) is -1.37.